The Morgan fingerprint density at radius 3 is 2.38 bits per heavy atom. The number of ether oxygens (including phenoxy) is 1. The lowest BCUT2D eigenvalue weighted by Gasteiger charge is -2.31. The molecule has 1 aliphatic heterocycles. The third-order valence-electron chi connectivity index (χ3n) is 7.19. The summed E-state index contributed by atoms with van der Waals surface area (Å²) in [6, 6.07) is 16.1. The summed E-state index contributed by atoms with van der Waals surface area (Å²) in [7, 11) is 3.18. The van der Waals surface area contributed by atoms with E-state index in [9.17, 15) is 19.5 Å². The Morgan fingerprint density at radius 1 is 1.12 bits per heavy atom. The molecular weight excluding hydrogens is 432 g/mol. The van der Waals surface area contributed by atoms with Gasteiger partial charge in [-0.1, -0.05) is 55.3 Å². The molecule has 3 amide bonds. The summed E-state index contributed by atoms with van der Waals surface area (Å²) < 4.78 is 5.25. The van der Waals surface area contributed by atoms with E-state index < -0.39 is 11.5 Å². The maximum absolute atomic E-state index is 13.8. The van der Waals surface area contributed by atoms with Gasteiger partial charge >= 0.3 is 0 Å². The fourth-order valence-corrected chi connectivity index (χ4v) is 5.21. The predicted molar refractivity (Wildman–Crippen MR) is 127 cm³/mol. The van der Waals surface area contributed by atoms with Gasteiger partial charge in [0.1, 0.15) is 5.75 Å². The van der Waals surface area contributed by atoms with Gasteiger partial charge in [0.15, 0.2) is 0 Å². The first kappa shape index (κ1) is 24.0. The summed E-state index contributed by atoms with van der Waals surface area (Å²) >= 11 is 0. The van der Waals surface area contributed by atoms with E-state index >= 15 is 0 Å². The zero-order valence-electron chi connectivity index (χ0n) is 19.8. The van der Waals surface area contributed by atoms with Gasteiger partial charge in [-0.05, 0) is 36.1 Å². The number of imide groups is 1. The van der Waals surface area contributed by atoms with Gasteiger partial charge in [0.2, 0.25) is 17.7 Å². The molecule has 2 aromatic carbocycles. The lowest BCUT2D eigenvalue weighted by molar-refractivity contribution is -0.144. The van der Waals surface area contributed by atoms with Crippen LogP contribution in [0.15, 0.2) is 54.6 Å². The summed E-state index contributed by atoms with van der Waals surface area (Å²) in [6.07, 6.45) is 2.61. The zero-order chi connectivity index (χ0) is 24.3. The van der Waals surface area contributed by atoms with Crippen LogP contribution in [-0.4, -0.2) is 59.4 Å². The largest absolute Gasteiger partial charge is 0.497 e. The number of likely N-dealkylation sites (N-methyl/N-ethyl adjacent to an activating group) is 1. The number of rotatable bonds is 8. The summed E-state index contributed by atoms with van der Waals surface area (Å²) in [5, 5.41) is 10.6. The lowest BCUT2D eigenvalue weighted by atomic mass is 9.75. The highest BCUT2D eigenvalue weighted by atomic mass is 16.5. The highest BCUT2D eigenvalue weighted by molar-refractivity contribution is 6.11. The van der Waals surface area contributed by atoms with Crippen molar-refractivity contribution in [3.05, 3.63) is 65.7 Å². The van der Waals surface area contributed by atoms with Crippen molar-refractivity contribution in [2.24, 2.45) is 0 Å². The molecule has 34 heavy (non-hydrogen) atoms. The van der Waals surface area contributed by atoms with E-state index in [1.807, 2.05) is 18.2 Å². The molecule has 2 aliphatic rings. The normalized spacial score (nSPS) is 21.7. The molecule has 0 radical (unpaired) electrons. The first-order valence-corrected chi connectivity index (χ1v) is 11.8. The number of nitrogens with zero attached hydrogens (tertiary/aromatic N) is 2. The molecule has 0 spiro atoms. The molecule has 2 fully saturated rings. The number of likely N-dealkylation sites (tertiary alicyclic amines) is 1. The minimum absolute atomic E-state index is 0.0323. The van der Waals surface area contributed by atoms with Gasteiger partial charge in [0.05, 0.1) is 25.2 Å². The Kier molecular flexibility index (Phi) is 7.03. The number of aliphatic hydroxyl groups excluding tert-OH is 1. The number of methoxy groups -OCH3 is 1. The van der Waals surface area contributed by atoms with Crippen LogP contribution in [0.3, 0.4) is 0 Å². The summed E-state index contributed by atoms with van der Waals surface area (Å²) in [5.41, 5.74) is 0.0960. The molecule has 4 rings (SSSR count). The molecule has 0 aromatic heterocycles. The maximum atomic E-state index is 13.8. The van der Waals surface area contributed by atoms with Crippen molar-refractivity contribution < 1.29 is 24.2 Å². The zero-order valence-corrected chi connectivity index (χ0v) is 19.8. The molecule has 2 atom stereocenters. The molecule has 7 heteroatoms. The molecule has 0 unspecified atom stereocenters. The molecule has 1 saturated heterocycles. The van der Waals surface area contributed by atoms with Gasteiger partial charge in [-0.3, -0.25) is 19.3 Å². The molecule has 1 saturated carbocycles. The Bertz CT molecular complexity index is 1030. The van der Waals surface area contributed by atoms with Crippen LogP contribution in [-0.2, 0) is 19.8 Å². The van der Waals surface area contributed by atoms with Gasteiger partial charge in [-0.2, -0.15) is 0 Å². The number of aliphatic hydroxyl groups is 1. The van der Waals surface area contributed by atoms with Gasteiger partial charge in [0.25, 0.3) is 0 Å². The Morgan fingerprint density at radius 2 is 1.76 bits per heavy atom. The monoisotopic (exact) mass is 464 g/mol. The average Bonchev–Trinajstić information content (AvgIpc) is 3.46. The van der Waals surface area contributed by atoms with E-state index in [2.05, 4.69) is 0 Å². The average molecular weight is 465 g/mol. The van der Waals surface area contributed by atoms with Gasteiger partial charge in [0, 0.05) is 25.9 Å². The second kappa shape index (κ2) is 9.97. The molecule has 1 heterocycles. The summed E-state index contributed by atoms with van der Waals surface area (Å²) in [4.78, 5) is 43.2. The molecule has 0 bridgehead atoms. The SMILES string of the molecule is COc1ccc([C@]2(CC(=O)N(C)C[C@@H](O)c3ccccc3)CC(=O)N(C3CCCC3)C2=O)cc1. The first-order valence-electron chi connectivity index (χ1n) is 11.8. The van der Waals surface area contributed by atoms with Crippen LogP contribution in [0.1, 0.15) is 55.8 Å². The second-order valence-electron chi connectivity index (χ2n) is 9.37. The Balaban J connectivity index is 1.60. The maximum Gasteiger partial charge on any atom is 0.241 e. The van der Waals surface area contributed by atoms with E-state index in [4.69, 9.17) is 4.74 Å². The van der Waals surface area contributed by atoms with Crippen LogP contribution < -0.4 is 4.74 Å². The number of carbonyl (C=O) groups excluding carboxylic acids is 3. The van der Waals surface area contributed by atoms with E-state index in [-0.39, 0.29) is 43.1 Å². The first-order chi connectivity index (χ1) is 16.4. The van der Waals surface area contributed by atoms with Gasteiger partial charge in [-0.25, -0.2) is 0 Å². The predicted octanol–water partition coefficient (Wildman–Crippen LogP) is 3.22. The molecule has 1 aliphatic carbocycles. The number of hydrogen-bond donors (Lipinski definition) is 1. The Hall–Kier alpha value is -3.19. The Labute approximate surface area is 200 Å². The number of benzene rings is 2. The molecule has 7 nitrogen and oxygen atoms in total. The van der Waals surface area contributed by atoms with Crippen LogP contribution in [0, 0.1) is 0 Å². The molecular formula is C27H32N2O5. The number of amides is 3. The van der Waals surface area contributed by atoms with E-state index in [0.717, 1.165) is 25.7 Å². The van der Waals surface area contributed by atoms with Crippen molar-refractivity contribution in [1.29, 1.82) is 0 Å². The quantitative estimate of drug-likeness (QED) is 0.606. The standard InChI is InChI=1S/C27H32N2O5/c1-28(18-23(30)19-8-4-3-5-9-19)24(31)16-27(20-12-14-22(34-2)15-13-20)17-25(32)29(26(27)33)21-10-6-7-11-21/h3-5,8-9,12-15,21,23,30H,6-7,10-11,16-18H2,1-2H3/t23-,27+/m1/s1. The fourth-order valence-electron chi connectivity index (χ4n) is 5.21. The van der Waals surface area contributed by atoms with Crippen molar-refractivity contribution in [3.8, 4) is 5.75 Å². The van der Waals surface area contributed by atoms with Crippen molar-refractivity contribution in [2.75, 3.05) is 20.7 Å². The van der Waals surface area contributed by atoms with E-state index in [0.29, 0.717) is 16.9 Å². The van der Waals surface area contributed by atoms with Gasteiger partial charge in [-0.15, -0.1) is 0 Å². The summed E-state index contributed by atoms with van der Waals surface area (Å²) in [5.74, 6) is -0.162. The minimum atomic E-state index is -1.25. The van der Waals surface area contributed by atoms with E-state index in [1.165, 1.54) is 9.80 Å². The van der Waals surface area contributed by atoms with Crippen molar-refractivity contribution in [3.63, 3.8) is 0 Å². The van der Waals surface area contributed by atoms with Crippen LogP contribution in [0.25, 0.3) is 0 Å². The van der Waals surface area contributed by atoms with Crippen molar-refractivity contribution in [1.82, 2.24) is 9.80 Å². The van der Waals surface area contributed by atoms with Crippen LogP contribution in [0.5, 0.6) is 5.75 Å². The number of hydrogen-bond acceptors (Lipinski definition) is 5. The molecule has 2 aromatic rings. The molecule has 180 valence electrons. The second-order valence-corrected chi connectivity index (χ2v) is 9.37. The highest BCUT2D eigenvalue weighted by Gasteiger charge is 2.55. The summed E-state index contributed by atoms with van der Waals surface area (Å²) in [6.45, 7) is 0.0933. The smallest absolute Gasteiger partial charge is 0.241 e. The fraction of sp³-hybridized carbons (Fsp3) is 0.444. The van der Waals surface area contributed by atoms with Crippen LogP contribution >= 0.6 is 0 Å². The molecule has 1 N–H and O–H groups in total. The number of carbonyl (C=O) groups is 3. The van der Waals surface area contributed by atoms with Crippen molar-refractivity contribution >= 4 is 17.7 Å². The third kappa shape index (κ3) is 4.57. The van der Waals surface area contributed by atoms with Crippen LogP contribution in [0.2, 0.25) is 0 Å². The van der Waals surface area contributed by atoms with Crippen LogP contribution in [0.4, 0.5) is 0 Å². The third-order valence-corrected chi connectivity index (χ3v) is 7.19. The highest BCUT2D eigenvalue weighted by Crippen LogP contribution is 2.43. The topological polar surface area (TPSA) is 87.2 Å². The van der Waals surface area contributed by atoms with E-state index in [1.54, 1.807) is 50.6 Å². The van der Waals surface area contributed by atoms with Crippen molar-refractivity contribution in [2.45, 2.75) is 56.1 Å². The minimum Gasteiger partial charge on any atom is -0.497 e. The lowest BCUT2D eigenvalue weighted by Crippen LogP contribution is -2.45. The van der Waals surface area contributed by atoms with Gasteiger partial charge < -0.3 is 14.7 Å².